The molecule has 0 unspecified atom stereocenters. The fraction of sp³-hybridized carbons (Fsp3) is 0.361. The summed E-state index contributed by atoms with van der Waals surface area (Å²) >= 11 is 1.45. The first kappa shape index (κ1) is 31.4. The maximum absolute atomic E-state index is 14.1. The van der Waals surface area contributed by atoms with Crippen LogP contribution in [0.3, 0.4) is 0 Å². The number of likely N-dealkylation sites (tertiary alicyclic amines) is 1. The van der Waals surface area contributed by atoms with Crippen LogP contribution in [0.15, 0.2) is 66.7 Å². The quantitative estimate of drug-likeness (QED) is 0.0655. The Bertz CT molecular complexity index is 1590. The van der Waals surface area contributed by atoms with Gasteiger partial charge in [0.05, 0.1) is 12.2 Å². The van der Waals surface area contributed by atoms with Gasteiger partial charge in [-0.15, -0.1) is 11.3 Å². The standard InChI is InChI=1S/C36H39NO6S/c1-3-5-22-42-36(40)27-13-18-30-31(24-27)44-35(26-11-16-29(17-12-26)43-32(38)4-2)33(30)34(39)25-9-14-28(15-10-25)41-23-21-37-19-7-6-8-20-37/h9-18,24H,3-8,19-23H2,1-2H3. The molecule has 0 spiro atoms. The van der Waals surface area contributed by atoms with Gasteiger partial charge in [0.2, 0.25) is 0 Å². The minimum Gasteiger partial charge on any atom is -0.492 e. The highest BCUT2D eigenvalue weighted by Crippen LogP contribution is 2.41. The van der Waals surface area contributed by atoms with Gasteiger partial charge in [-0.2, -0.15) is 0 Å². The number of unbranched alkanes of at least 4 members (excludes halogenated alkanes) is 1. The Labute approximate surface area is 262 Å². The van der Waals surface area contributed by atoms with E-state index in [1.54, 1.807) is 43.3 Å². The lowest BCUT2D eigenvalue weighted by Gasteiger charge is -2.26. The number of esters is 2. The molecule has 0 saturated carbocycles. The second-order valence-electron chi connectivity index (χ2n) is 11.0. The number of carbonyl (C=O) groups is 3. The van der Waals surface area contributed by atoms with Crippen LogP contribution in [0.1, 0.15) is 78.7 Å². The van der Waals surface area contributed by atoms with Crippen LogP contribution < -0.4 is 9.47 Å². The van der Waals surface area contributed by atoms with Gasteiger partial charge in [0.1, 0.15) is 18.1 Å². The summed E-state index contributed by atoms with van der Waals surface area (Å²) in [5.41, 5.74) is 2.38. The molecule has 4 aromatic rings. The number of carbonyl (C=O) groups excluding carboxylic acids is 3. The van der Waals surface area contributed by atoms with E-state index in [1.165, 1.54) is 30.6 Å². The molecule has 1 fully saturated rings. The lowest BCUT2D eigenvalue weighted by molar-refractivity contribution is -0.134. The molecule has 0 atom stereocenters. The van der Waals surface area contributed by atoms with E-state index in [9.17, 15) is 14.4 Å². The SMILES string of the molecule is CCCCOC(=O)c1ccc2c(C(=O)c3ccc(OCCN4CCCCC4)cc3)c(-c3ccc(OC(=O)CC)cc3)sc2c1. The summed E-state index contributed by atoms with van der Waals surface area (Å²) in [5, 5.41) is 0.767. The summed E-state index contributed by atoms with van der Waals surface area (Å²) in [6, 6.07) is 19.8. The fourth-order valence-corrected chi connectivity index (χ4v) is 6.49. The highest BCUT2D eigenvalue weighted by Gasteiger charge is 2.23. The number of fused-ring (bicyclic) bond motifs is 1. The van der Waals surface area contributed by atoms with Crippen molar-refractivity contribution in [2.45, 2.75) is 52.4 Å². The molecule has 0 bridgehead atoms. The zero-order chi connectivity index (χ0) is 30.9. The monoisotopic (exact) mass is 613 g/mol. The third kappa shape index (κ3) is 7.73. The molecular weight excluding hydrogens is 574 g/mol. The molecular formula is C36H39NO6S. The van der Waals surface area contributed by atoms with Gasteiger partial charge in [0, 0.05) is 39.1 Å². The molecule has 1 aromatic heterocycles. The zero-order valence-electron chi connectivity index (χ0n) is 25.4. The molecule has 0 radical (unpaired) electrons. The van der Waals surface area contributed by atoms with E-state index in [4.69, 9.17) is 14.2 Å². The number of piperidine rings is 1. The molecule has 0 amide bonds. The predicted octanol–water partition coefficient (Wildman–Crippen LogP) is 7.94. The Kier molecular flexibility index (Phi) is 10.8. The average Bonchev–Trinajstić information content (AvgIpc) is 3.44. The molecule has 230 valence electrons. The van der Waals surface area contributed by atoms with E-state index >= 15 is 0 Å². The summed E-state index contributed by atoms with van der Waals surface area (Å²) in [6.07, 6.45) is 5.83. The predicted molar refractivity (Wildman–Crippen MR) is 174 cm³/mol. The van der Waals surface area contributed by atoms with Gasteiger partial charge in [0.25, 0.3) is 0 Å². The number of ether oxygens (including phenoxy) is 3. The van der Waals surface area contributed by atoms with Crippen LogP contribution in [-0.2, 0) is 9.53 Å². The Balaban J connectivity index is 1.41. The first-order chi connectivity index (χ1) is 21.5. The van der Waals surface area contributed by atoms with Gasteiger partial charge < -0.3 is 14.2 Å². The third-order valence-corrected chi connectivity index (χ3v) is 8.96. The van der Waals surface area contributed by atoms with Crippen molar-refractivity contribution in [3.8, 4) is 21.9 Å². The second kappa shape index (κ2) is 15.1. The number of hydrogen-bond donors (Lipinski definition) is 0. The van der Waals surface area contributed by atoms with Crippen LogP contribution in [-0.4, -0.2) is 55.5 Å². The first-order valence-electron chi connectivity index (χ1n) is 15.5. The Hall–Kier alpha value is -4.01. The molecule has 1 aliphatic heterocycles. The highest BCUT2D eigenvalue weighted by atomic mass is 32.1. The highest BCUT2D eigenvalue weighted by molar-refractivity contribution is 7.22. The van der Waals surface area contributed by atoms with Gasteiger partial charge >= 0.3 is 11.9 Å². The molecule has 44 heavy (non-hydrogen) atoms. The summed E-state index contributed by atoms with van der Waals surface area (Å²) in [7, 11) is 0. The third-order valence-electron chi connectivity index (χ3n) is 7.76. The number of ketones is 1. The summed E-state index contributed by atoms with van der Waals surface area (Å²) < 4.78 is 17.6. The Morgan fingerprint density at radius 3 is 2.23 bits per heavy atom. The topological polar surface area (TPSA) is 82.1 Å². The van der Waals surface area contributed by atoms with Crippen LogP contribution in [0.2, 0.25) is 0 Å². The van der Waals surface area contributed by atoms with Gasteiger partial charge in [-0.3, -0.25) is 14.5 Å². The average molecular weight is 614 g/mol. The molecule has 0 N–H and O–H groups in total. The number of thiophene rings is 1. The van der Waals surface area contributed by atoms with Crippen molar-refractivity contribution < 1.29 is 28.6 Å². The van der Waals surface area contributed by atoms with Crippen molar-refractivity contribution in [1.82, 2.24) is 4.90 Å². The Morgan fingerprint density at radius 2 is 1.52 bits per heavy atom. The van der Waals surface area contributed by atoms with Gasteiger partial charge in [-0.25, -0.2) is 4.79 Å². The lowest BCUT2D eigenvalue weighted by Crippen LogP contribution is -2.33. The van der Waals surface area contributed by atoms with Crippen molar-refractivity contribution in [2.24, 2.45) is 0 Å². The number of nitrogens with zero attached hydrogens (tertiary/aromatic N) is 1. The minimum atomic E-state index is -0.374. The van der Waals surface area contributed by atoms with E-state index in [1.807, 2.05) is 37.3 Å². The summed E-state index contributed by atoms with van der Waals surface area (Å²) in [4.78, 5) is 41.7. The van der Waals surface area contributed by atoms with Crippen LogP contribution in [0.4, 0.5) is 0 Å². The normalized spacial score (nSPS) is 13.5. The van der Waals surface area contributed by atoms with Crippen LogP contribution in [0, 0.1) is 0 Å². The van der Waals surface area contributed by atoms with Crippen LogP contribution >= 0.6 is 11.3 Å². The second-order valence-corrected chi connectivity index (χ2v) is 12.0. The lowest BCUT2D eigenvalue weighted by atomic mass is 9.97. The first-order valence-corrected chi connectivity index (χ1v) is 16.3. The van der Waals surface area contributed by atoms with Crippen LogP contribution in [0.25, 0.3) is 20.5 Å². The van der Waals surface area contributed by atoms with Gasteiger partial charge in [-0.05, 0) is 98.6 Å². The zero-order valence-corrected chi connectivity index (χ0v) is 26.3. The summed E-state index contributed by atoms with van der Waals surface area (Å²) in [5.74, 6) is 0.375. The smallest absolute Gasteiger partial charge is 0.338 e. The molecule has 5 rings (SSSR count). The van der Waals surface area contributed by atoms with E-state index in [0.717, 1.165) is 58.8 Å². The van der Waals surface area contributed by atoms with Gasteiger partial charge in [-0.1, -0.05) is 32.8 Å². The molecule has 7 nitrogen and oxygen atoms in total. The number of hydrogen-bond acceptors (Lipinski definition) is 8. The van der Waals surface area contributed by atoms with Crippen molar-refractivity contribution in [1.29, 1.82) is 0 Å². The maximum Gasteiger partial charge on any atom is 0.338 e. The largest absolute Gasteiger partial charge is 0.492 e. The van der Waals surface area contributed by atoms with Crippen molar-refractivity contribution in [3.05, 3.63) is 83.4 Å². The van der Waals surface area contributed by atoms with E-state index < -0.39 is 0 Å². The van der Waals surface area contributed by atoms with E-state index in [-0.39, 0.29) is 24.1 Å². The molecule has 3 aromatic carbocycles. The van der Waals surface area contributed by atoms with E-state index in [2.05, 4.69) is 4.90 Å². The fourth-order valence-electron chi connectivity index (χ4n) is 5.25. The molecule has 1 saturated heterocycles. The number of benzene rings is 3. The van der Waals surface area contributed by atoms with Crippen molar-refractivity contribution >= 4 is 39.1 Å². The minimum absolute atomic E-state index is 0.120. The molecule has 8 heteroatoms. The van der Waals surface area contributed by atoms with Gasteiger partial charge in [0.15, 0.2) is 5.78 Å². The molecule has 2 heterocycles. The molecule has 1 aliphatic rings. The van der Waals surface area contributed by atoms with E-state index in [0.29, 0.717) is 35.7 Å². The van der Waals surface area contributed by atoms with Crippen molar-refractivity contribution in [3.63, 3.8) is 0 Å². The Morgan fingerprint density at radius 1 is 0.818 bits per heavy atom. The summed E-state index contributed by atoms with van der Waals surface area (Å²) in [6.45, 7) is 7.93. The maximum atomic E-state index is 14.1. The van der Waals surface area contributed by atoms with Crippen molar-refractivity contribution in [2.75, 3.05) is 32.8 Å². The molecule has 0 aliphatic carbocycles. The van der Waals surface area contributed by atoms with Crippen LogP contribution in [0.5, 0.6) is 11.5 Å². The number of rotatable bonds is 13.